The lowest BCUT2D eigenvalue weighted by molar-refractivity contribution is -0.308. The van der Waals surface area contributed by atoms with Gasteiger partial charge < -0.3 is 9.90 Å². The Labute approximate surface area is 58.6 Å². The van der Waals surface area contributed by atoms with Crippen molar-refractivity contribution >= 4 is 12.0 Å². The normalized spacial score (nSPS) is 12.3. The van der Waals surface area contributed by atoms with Crippen LogP contribution in [0.2, 0.25) is 0 Å². The molecule has 1 unspecified atom stereocenters. The van der Waals surface area contributed by atoms with Crippen molar-refractivity contribution in [2.75, 3.05) is 0 Å². The van der Waals surface area contributed by atoms with E-state index in [1.54, 1.807) is 13.8 Å². The first kappa shape index (κ1) is 8.85. The zero-order valence-electron chi connectivity index (χ0n) is 5.83. The molecule has 0 saturated heterocycles. The van der Waals surface area contributed by atoms with E-state index < -0.39 is 12.0 Å². The van der Waals surface area contributed by atoms with Gasteiger partial charge in [0.15, 0.2) is 0 Å². The number of isocyanates is 1. The topological polar surface area (TPSA) is 69.6 Å². The second kappa shape index (κ2) is 3.80. The SMILES string of the molecule is CC(C)C(N=C=O)C(=O)[O-]. The molecule has 0 aliphatic heterocycles. The van der Waals surface area contributed by atoms with E-state index in [0.717, 1.165) is 0 Å². The van der Waals surface area contributed by atoms with E-state index in [1.165, 1.54) is 6.08 Å². The first-order valence-corrected chi connectivity index (χ1v) is 2.87. The van der Waals surface area contributed by atoms with Crippen LogP contribution in [0, 0.1) is 5.92 Å². The first-order valence-electron chi connectivity index (χ1n) is 2.87. The number of hydrogen-bond donors (Lipinski definition) is 0. The minimum absolute atomic E-state index is 0.230. The molecule has 0 radical (unpaired) electrons. The van der Waals surface area contributed by atoms with Crippen LogP contribution in [0.4, 0.5) is 0 Å². The minimum Gasteiger partial charge on any atom is -0.548 e. The smallest absolute Gasteiger partial charge is 0.235 e. The summed E-state index contributed by atoms with van der Waals surface area (Å²) in [6, 6.07) is -1.06. The third-order valence-electron chi connectivity index (χ3n) is 1.06. The monoisotopic (exact) mass is 142 g/mol. The fourth-order valence-corrected chi connectivity index (χ4v) is 0.531. The van der Waals surface area contributed by atoms with Crippen molar-refractivity contribution in [1.29, 1.82) is 0 Å². The molecule has 0 aliphatic rings. The molecular formula is C6H8NO3-. The molecule has 0 saturated carbocycles. The highest BCUT2D eigenvalue weighted by molar-refractivity contribution is 5.72. The molecule has 0 aromatic heterocycles. The van der Waals surface area contributed by atoms with E-state index >= 15 is 0 Å². The minimum atomic E-state index is -1.33. The summed E-state index contributed by atoms with van der Waals surface area (Å²) in [5.74, 6) is -1.56. The summed E-state index contributed by atoms with van der Waals surface area (Å²) in [5, 5.41) is 10.1. The maximum absolute atomic E-state index is 10.1. The standard InChI is InChI=1S/C6H9NO3/c1-4(2)5(6(9)10)7-3-8/h4-5H,1-2H3,(H,9,10)/p-1. The first-order chi connectivity index (χ1) is 4.59. The molecule has 4 heteroatoms. The van der Waals surface area contributed by atoms with Crippen LogP contribution >= 0.6 is 0 Å². The predicted octanol–water partition coefficient (Wildman–Crippen LogP) is -0.903. The number of nitrogens with zero attached hydrogens (tertiary/aromatic N) is 1. The van der Waals surface area contributed by atoms with Gasteiger partial charge in [-0.2, -0.15) is 4.99 Å². The number of hydrogen-bond acceptors (Lipinski definition) is 4. The van der Waals surface area contributed by atoms with Crippen LogP contribution in [-0.4, -0.2) is 18.1 Å². The van der Waals surface area contributed by atoms with Crippen molar-refractivity contribution in [1.82, 2.24) is 0 Å². The lowest BCUT2D eigenvalue weighted by atomic mass is 10.1. The van der Waals surface area contributed by atoms with Crippen LogP contribution in [0.15, 0.2) is 4.99 Å². The van der Waals surface area contributed by atoms with Gasteiger partial charge >= 0.3 is 0 Å². The fourth-order valence-electron chi connectivity index (χ4n) is 0.531. The Kier molecular flexibility index (Phi) is 3.36. The van der Waals surface area contributed by atoms with Crippen molar-refractivity contribution in [3.05, 3.63) is 0 Å². The Hall–Kier alpha value is -1.15. The van der Waals surface area contributed by atoms with Crippen molar-refractivity contribution in [3.63, 3.8) is 0 Å². The average molecular weight is 142 g/mol. The second-order valence-electron chi connectivity index (χ2n) is 2.23. The quantitative estimate of drug-likeness (QED) is 0.378. The molecule has 0 amide bonds. The highest BCUT2D eigenvalue weighted by Crippen LogP contribution is 2.03. The molecule has 0 bridgehead atoms. The van der Waals surface area contributed by atoms with Gasteiger partial charge in [0, 0.05) is 0 Å². The fraction of sp³-hybridized carbons (Fsp3) is 0.667. The van der Waals surface area contributed by atoms with Crippen LogP contribution in [0.1, 0.15) is 13.8 Å². The molecule has 0 heterocycles. The van der Waals surface area contributed by atoms with Gasteiger partial charge in [0.25, 0.3) is 0 Å². The highest BCUT2D eigenvalue weighted by Gasteiger charge is 2.11. The highest BCUT2D eigenvalue weighted by atomic mass is 16.4. The number of carbonyl (C=O) groups excluding carboxylic acids is 2. The molecule has 0 aromatic carbocycles. The van der Waals surface area contributed by atoms with Gasteiger partial charge in [-0.05, 0) is 5.92 Å². The van der Waals surface area contributed by atoms with Gasteiger partial charge in [0.2, 0.25) is 6.08 Å². The molecule has 0 fully saturated rings. The van der Waals surface area contributed by atoms with Gasteiger partial charge in [0.05, 0.1) is 5.97 Å². The molecule has 1 atom stereocenters. The Morgan fingerprint density at radius 1 is 1.60 bits per heavy atom. The van der Waals surface area contributed by atoms with Crippen molar-refractivity contribution in [2.45, 2.75) is 19.9 Å². The summed E-state index contributed by atoms with van der Waals surface area (Å²) < 4.78 is 0. The molecule has 10 heavy (non-hydrogen) atoms. The lowest BCUT2D eigenvalue weighted by Crippen LogP contribution is -2.37. The van der Waals surface area contributed by atoms with E-state index in [9.17, 15) is 14.7 Å². The molecular weight excluding hydrogens is 134 g/mol. The summed E-state index contributed by atoms with van der Waals surface area (Å²) in [4.78, 5) is 22.8. The van der Waals surface area contributed by atoms with Crippen LogP contribution in [0.5, 0.6) is 0 Å². The summed E-state index contributed by atoms with van der Waals surface area (Å²) >= 11 is 0. The molecule has 0 N–H and O–H groups in total. The number of carboxylic acids is 1. The van der Waals surface area contributed by atoms with Crippen molar-refractivity contribution < 1.29 is 14.7 Å². The van der Waals surface area contributed by atoms with E-state index in [-0.39, 0.29) is 5.92 Å². The zero-order valence-corrected chi connectivity index (χ0v) is 5.83. The van der Waals surface area contributed by atoms with Gasteiger partial charge in [-0.1, -0.05) is 13.8 Å². The van der Waals surface area contributed by atoms with Gasteiger partial charge in [0.1, 0.15) is 6.04 Å². The Morgan fingerprint density at radius 2 is 2.10 bits per heavy atom. The van der Waals surface area contributed by atoms with Gasteiger partial charge in [-0.15, -0.1) is 0 Å². The third-order valence-corrected chi connectivity index (χ3v) is 1.06. The van der Waals surface area contributed by atoms with Gasteiger partial charge in [-0.3, -0.25) is 0 Å². The summed E-state index contributed by atoms with van der Waals surface area (Å²) in [6.07, 6.45) is 1.18. The zero-order chi connectivity index (χ0) is 8.15. The predicted molar refractivity (Wildman–Crippen MR) is 31.8 cm³/mol. The summed E-state index contributed by atoms with van der Waals surface area (Å²) in [6.45, 7) is 3.28. The van der Waals surface area contributed by atoms with E-state index in [1.807, 2.05) is 0 Å². The Balaban J connectivity index is 4.26. The lowest BCUT2D eigenvalue weighted by Gasteiger charge is -2.14. The van der Waals surface area contributed by atoms with E-state index in [4.69, 9.17) is 0 Å². The van der Waals surface area contributed by atoms with E-state index in [0.29, 0.717) is 0 Å². The van der Waals surface area contributed by atoms with Crippen LogP contribution in [-0.2, 0) is 9.59 Å². The molecule has 0 aliphatic carbocycles. The van der Waals surface area contributed by atoms with Crippen molar-refractivity contribution in [3.8, 4) is 0 Å². The van der Waals surface area contributed by atoms with Crippen molar-refractivity contribution in [2.24, 2.45) is 10.9 Å². The van der Waals surface area contributed by atoms with Gasteiger partial charge in [-0.25, -0.2) is 4.79 Å². The summed E-state index contributed by atoms with van der Waals surface area (Å²) in [7, 11) is 0. The second-order valence-corrected chi connectivity index (χ2v) is 2.23. The Morgan fingerprint density at radius 3 is 2.20 bits per heavy atom. The third kappa shape index (κ3) is 2.42. The van der Waals surface area contributed by atoms with Crippen LogP contribution in [0.25, 0.3) is 0 Å². The number of rotatable bonds is 3. The largest absolute Gasteiger partial charge is 0.548 e. The Bertz CT molecular complexity index is 168. The molecule has 56 valence electrons. The number of aliphatic carboxylic acids is 1. The maximum atomic E-state index is 10.1. The van der Waals surface area contributed by atoms with Crippen LogP contribution < -0.4 is 5.11 Å². The molecule has 4 nitrogen and oxygen atoms in total. The molecule has 0 rings (SSSR count). The van der Waals surface area contributed by atoms with E-state index in [2.05, 4.69) is 4.99 Å². The number of carbonyl (C=O) groups is 1. The summed E-state index contributed by atoms with van der Waals surface area (Å²) in [5.41, 5.74) is 0. The molecule has 0 spiro atoms. The average Bonchev–Trinajstić information content (AvgIpc) is 1.81. The number of carboxylic acid groups (broad SMARTS) is 1. The molecule has 0 aromatic rings. The number of aliphatic imine (C=N–C) groups is 1. The maximum Gasteiger partial charge on any atom is 0.235 e. The van der Waals surface area contributed by atoms with Crippen LogP contribution in [0.3, 0.4) is 0 Å².